The lowest BCUT2D eigenvalue weighted by Gasteiger charge is -2.31. The number of nitrogens with zero attached hydrogens (tertiary/aromatic N) is 2. The Kier molecular flexibility index (Phi) is 8.26. The zero-order valence-corrected chi connectivity index (χ0v) is 22.3. The molecule has 4 aromatic rings. The molecule has 0 bridgehead atoms. The summed E-state index contributed by atoms with van der Waals surface area (Å²) in [4.78, 5) is 41.1. The number of carbonyl (C=O) groups is 3. The van der Waals surface area contributed by atoms with Crippen molar-refractivity contribution in [2.24, 2.45) is 5.73 Å². The van der Waals surface area contributed by atoms with Gasteiger partial charge in [0.05, 0.1) is 5.69 Å². The number of hydrogen-bond acceptors (Lipinski definition) is 7. The Hall–Kier alpha value is -4.70. The van der Waals surface area contributed by atoms with Crippen LogP contribution in [0.2, 0.25) is 0 Å². The van der Waals surface area contributed by atoms with Crippen LogP contribution in [0.25, 0.3) is 0 Å². The van der Waals surface area contributed by atoms with E-state index in [4.69, 9.17) is 11.5 Å². The molecule has 0 aliphatic heterocycles. The van der Waals surface area contributed by atoms with Crippen LogP contribution in [-0.2, 0) is 11.3 Å². The molecule has 1 aromatic heterocycles. The molecule has 6 N–H and O–H groups in total. The molecule has 39 heavy (non-hydrogen) atoms. The highest BCUT2D eigenvalue weighted by Gasteiger charge is 2.36. The minimum Gasteiger partial charge on any atom is -0.508 e. The standard InChI is InChI=1S/C29H29N5O4S/c1-17(2)19-8-12-21(13-9-19)34(29(38)26-23(30)24(27(31)36)33-39-26)25(20-10-14-22(35)15-11-20)28(37)32-16-18-6-4-3-5-7-18/h3-15,17,25,35H,16,30H2,1-2H3,(H2,31,36)(H,32,37)/t25-/m1/s1. The Bertz CT molecular complexity index is 1470. The zero-order valence-electron chi connectivity index (χ0n) is 21.5. The third-order valence-corrected chi connectivity index (χ3v) is 7.09. The maximum Gasteiger partial charge on any atom is 0.273 e. The van der Waals surface area contributed by atoms with Crippen molar-refractivity contribution in [2.75, 3.05) is 10.6 Å². The van der Waals surface area contributed by atoms with Gasteiger partial charge in [0, 0.05) is 12.2 Å². The number of nitrogen functional groups attached to an aromatic ring is 1. The Morgan fingerprint density at radius 1 is 0.949 bits per heavy atom. The summed E-state index contributed by atoms with van der Waals surface area (Å²) in [5, 5.41) is 12.8. The summed E-state index contributed by atoms with van der Waals surface area (Å²) < 4.78 is 3.98. The second-order valence-corrected chi connectivity index (χ2v) is 10.0. The normalized spacial score (nSPS) is 11.7. The number of hydrogen-bond donors (Lipinski definition) is 4. The third kappa shape index (κ3) is 6.07. The van der Waals surface area contributed by atoms with Crippen LogP contribution in [0.4, 0.5) is 11.4 Å². The van der Waals surface area contributed by atoms with Crippen LogP contribution in [0.15, 0.2) is 78.9 Å². The lowest BCUT2D eigenvalue weighted by atomic mass is 10.00. The molecule has 1 heterocycles. The number of benzene rings is 3. The molecule has 200 valence electrons. The van der Waals surface area contributed by atoms with E-state index >= 15 is 0 Å². The van der Waals surface area contributed by atoms with Crippen molar-refractivity contribution >= 4 is 40.6 Å². The number of phenolic OH excluding ortho intramolecular Hbond substituents is 1. The van der Waals surface area contributed by atoms with Gasteiger partial charge in [0.2, 0.25) is 5.91 Å². The molecule has 4 rings (SSSR count). The monoisotopic (exact) mass is 543 g/mol. The molecule has 1 atom stereocenters. The van der Waals surface area contributed by atoms with Crippen molar-refractivity contribution in [1.29, 1.82) is 0 Å². The smallest absolute Gasteiger partial charge is 0.273 e. The first-order valence-corrected chi connectivity index (χ1v) is 13.0. The van der Waals surface area contributed by atoms with Gasteiger partial charge in [-0.3, -0.25) is 19.3 Å². The average molecular weight is 544 g/mol. The van der Waals surface area contributed by atoms with Gasteiger partial charge in [0.15, 0.2) is 5.69 Å². The maximum absolute atomic E-state index is 14.1. The van der Waals surface area contributed by atoms with Crippen LogP contribution >= 0.6 is 11.5 Å². The Balaban J connectivity index is 1.83. The first kappa shape index (κ1) is 27.3. The number of aromatic hydroxyl groups is 1. The van der Waals surface area contributed by atoms with Crippen LogP contribution in [0.3, 0.4) is 0 Å². The summed E-state index contributed by atoms with van der Waals surface area (Å²) in [5.41, 5.74) is 14.0. The number of nitrogens with two attached hydrogens (primary N) is 2. The average Bonchev–Trinajstić information content (AvgIpc) is 3.33. The third-order valence-electron chi connectivity index (χ3n) is 6.24. The number of anilines is 2. The van der Waals surface area contributed by atoms with Crippen LogP contribution in [0, 0.1) is 0 Å². The predicted octanol–water partition coefficient (Wildman–Crippen LogP) is 4.36. The van der Waals surface area contributed by atoms with E-state index in [0.717, 1.165) is 22.7 Å². The molecule has 0 radical (unpaired) electrons. The SMILES string of the molecule is CC(C)c1ccc(N(C(=O)c2snc(C(N)=O)c2N)[C@@H](C(=O)NCc2ccccc2)c2ccc(O)cc2)cc1. The molecule has 9 nitrogen and oxygen atoms in total. The van der Waals surface area contributed by atoms with Crippen molar-refractivity contribution in [3.8, 4) is 5.75 Å². The fraction of sp³-hybridized carbons (Fsp3) is 0.172. The summed E-state index contributed by atoms with van der Waals surface area (Å²) in [6.45, 7) is 4.34. The van der Waals surface area contributed by atoms with Crippen molar-refractivity contribution in [3.63, 3.8) is 0 Å². The number of amides is 3. The minimum absolute atomic E-state index is 0.0131. The van der Waals surface area contributed by atoms with E-state index in [0.29, 0.717) is 11.3 Å². The van der Waals surface area contributed by atoms with Gasteiger partial charge < -0.3 is 21.9 Å². The van der Waals surface area contributed by atoms with E-state index in [1.54, 1.807) is 24.3 Å². The lowest BCUT2D eigenvalue weighted by Crippen LogP contribution is -2.44. The summed E-state index contributed by atoms with van der Waals surface area (Å²) >= 11 is 0.742. The molecular formula is C29H29N5O4S. The van der Waals surface area contributed by atoms with Gasteiger partial charge in [-0.2, -0.15) is 4.37 Å². The molecule has 10 heteroatoms. The quantitative estimate of drug-likeness (QED) is 0.246. The Morgan fingerprint density at radius 3 is 2.13 bits per heavy atom. The topological polar surface area (TPSA) is 152 Å². The molecule has 0 fully saturated rings. The van der Waals surface area contributed by atoms with E-state index in [-0.39, 0.29) is 34.5 Å². The molecule has 3 amide bonds. The van der Waals surface area contributed by atoms with Gasteiger partial charge in [-0.15, -0.1) is 0 Å². The Labute approximate surface area is 230 Å². The van der Waals surface area contributed by atoms with Crippen molar-refractivity contribution in [2.45, 2.75) is 32.4 Å². The van der Waals surface area contributed by atoms with E-state index < -0.39 is 23.8 Å². The van der Waals surface area contributed by atoms with Gasteiger partial charge >= 0.3 is 0 Å². The number of phenols is 1. The first-order valence-electron chi connectivity index (χ1n) is 12.3. The molecule has 3 aromatic carbocycles. The second kappa shape index (κ2) is 11.8. The summed E-state index contributed by atoms with van der Waals surface area (Å²) in [6.07, 6.45) is 0. The summed E-state index contributed by atoms with van der Waals surface area (Å²) in [6, 6.07) is 21.6. The van der Waals surface area contributed by atoms with E-state index in [1.807, 2.05) is 42.5 Å². The maximum atomic E-state index is 14.1. The van der Waals surface area contributed by atoms with Crippen molar-refractivity contribution < 1.29 is 19.5 Å². The first-order chi connectivity index (χ1) is 18.7. The van der Waals surface area contributed by atoms with Crippen molar-refractivity contribution in [1.82, 2.24) is 9.69 Å². The van der Waals surface area contributed by atoms with Gasteiger partial charge in [0.1, 0.15) is 16.7 Å². The van der Waals surface area contributed by atoms with Gasteiger partial charge in [-0.1, -0.05) is 68.4 Å². The number of aromatic nitrogens is 1. The molecular weight excluding hydrogens is 514 g/mol. The van der Waals surface area contributed by atoms with Gasteiger partial charge in [0.25, 0.3) is 11.8 Å². The lowest BCUT2D eigenvalue weighted by molar-refractivity contribution is -0.122. The van der Waals surface area contributed by atoms with Crippen LogP contribution < -0.4 is 21.7 Å². The number of carbonyl (C=O) groups excluding carboxylic acids is 3. The highest BCUT2D eigenvalue weighted by molar-refractivity contribution is 7.09. The van der Waals surface area contributed by atoms with Crippen molar-refractivity contribution in [3.05, 3.63) is 106 Å². The second-order valence-electron chi connectivity index (χ2n) is 9.26. The molecule has 0 saturated carbocycles. The summed E-state index contributed by atoms with van der Waals surface area (Å²) in [5.74, 6) is -1.67. The highest BCUT2D eigenvalue weighted by Crippen LogP contribution is 2.34. The molecule has 0 unspecified atom stereocenters. The number of nitrogens with one attached hydrogen (secondary N) is 1. The number of rotatable bonds is 9. The van der Waals surface area contributed by atoms with Crippen LogP contribution in [0.5, 0.6) is 5.75 Å². The zero-order chi connectivity index (χ0) is 28.1. The molecule has 0 spiro atoms. The van der Waals surface area contributed by atoms with Crippen LogP contribution in [-0.4, -0.2) is 27.2 Å². The van der Waals surface area contributed by atoms with Crippen LogP contribution in [0.1, 0.15) is 62.7 Å². The summed E-state index contributed by atoms with van der Waals surface area (Å²) in [7, 11) is 0. The van der Waals surface area contributed by atoms with E-state index in [1.165, 1.54) is 17.0 Å². The molecule has 0 aliphatic rings. The molecule has 0 saturated heterocycles. The van der Waals surface area contributed by atoms with E-state index in [2.05, 4.69) is 23.5 Å². The fourth-order valence-corrected chi connectivity index (χ4v) is 4.84. The fourth-order valence-electron chi connectivity index (χ4n) is 4.10. The largest absolute Gasteiger partial charge is 0.508 e. The predicted molar refractivity (Wildman–Crippen MR) is 152 cm³/mol. The highest BCUT2D eigenvalue weighted by atomic mass is 32.1. The Morgan fingerprint density at radius 2 is 1.56 bits per heavy atom. The van der Waals surface area contributed by atoms with E-state index in [9.17, 15) is 19.5 Å². The molecule has 0 aliphatic carbocycles. The van der Waals surface area contributed by atoms with Gasteiger partial charge in [-0.05, 0) is 58.4 Å². The van der Waals surface area contributed by atoms with Gasteiger partial charge in [-0.25, -0.2) is 0 Å². The number of primary amides is 1. The minimum atomic E-state index is -1.15.